The molecular formula is C21H30O11. The van der Waals surface area contributed by atoms with E-state index in [9.17, 15) is 24.0 Å². The Hall–Kier alpha value is -2.69. The van der Waals surface area contributed by atoms with E-state index in [4.69, 9.17) is 28.4 Å². The van der Waals surface area contributed by atoms with E-state index in [2.05, 4.69) is 0 Å². The third-order valence-electron chi connectivity index (χ3n) is 5.12. The lowest BCUT2D eigenvalue weighted by Crippen LogP contribution is -2.63. The van der Waals surface area contributed by atoms with Crippen LogP contribution >= 0.6 is 0 Å². The molecule has 1 saturated heterocycles. The van der Waals surface area contributed by atoms with E-state index < -0.39 is 60.6 Å². The van der Waals surface area contributed by atoms with Crippen LogP contribution in [0.25, 0.3) is 0 Å². The van der Waals surface area contributed by atoms with Crippen LogP contribution in [-0.2, 0) is 52.4 Å². The summed E-state index contributed by atoms with van der Waals surface area (Å²) in [6.45, 7) is 4.17. The lowest BCUT2D eigenvalue weighted by molar-refractivity contribution is -0.301. The molecule has 0 unspecified atom stereocenters. The Morgan fingerprint density at radius 2 is 1.22 bits per heavy atom. The second kappa shape index (κ2) is 11.8. The predicted octanol–water partition coefficient (Wildman–Crippen LogP) is 1.19. The number of hydrogen-bond donors (Lipinski definition) is 0. The van der Waals surface area contributed by atoms with Crippen LogP contribution in [0.2, 0.25) is 0 Å². The third kappa shape index (κ3) is 7.47. The zero-order chi connectivity index (χ0) is 23.8. The first-order valence-electron chi connectivity index (χ1n) is 10.6. The van der Waals surface area contributed by atoms with Crippen molar-refractivity contribution >= 4 is 29.8 Å². The second-order valence-corrected chi connectivity index (χ2v) is 7.84. The number of rotatable bonds is 7. The van der Waals surface area contributed by atoms with E-state index in [0.717, 1.165) is 40.0 Å². The van der Waals surface area contributed by atoms with Gasteiger partial charge in [0.2, 0.25) is 12.4 Å². The Bertz CT molecular complexity index is 713. The quantitative estimate of drug-likeness (QED) is 0.401. The van der Waals surface area contributed by atoms with Gasteiger partial charge in [-0.2, -0.15) is 0 Å². The Kier molecular flexibility index (Phi) is 9.42. The second-order valence-electron chi connectivity index (χ2n) is 7.84. The average molecular weight is 458 g/mol. The van der Waals surface area contributed by atoms with Crippen molar-refractivity contribution in [3.8, 4) is 0 Å². The Morgan fingerprint density at radius 3 is 1.75 bits per heavy atom. The van der Waals surface area contributed by atoms with Gasteiger partial charge >= 0.3 is 29.8 Å². The molecule has 0 spiro atoms. The fourth-order valence-corrected chi connectivity index (χ4v) is 3.83. The number of carbonyl (C=O) groups excluding carboxylic acids is 5. The van der Waals surface area contributed by atoms with Gasteiger partial charge in [0, 0.05) is 27.7 Å². The van der Waals surface area contributed by atoms with Crippen LogP contribution in [0.3, 0.4) is 0 Å². The highest BCUT2D eigenvalue weighted by atomic mass is 16.7. The fraction of sp³-hybridized carbons (Fsp3) is 0.762. The molecule has 2 rings (SSSR count). The number of hydrogen-bond acceptors (Lipinski definition) is 11. The SMILES string of the molecule is CC(=O)OC[C@H]1O[C@@H](OC(=O)C2CCCCC2)[C@H](OC(C)=O)[C@@H](OC(C)=O)[C@@H]1OC(C)=O. The molecule has 0 N–H and O–H groups in total. The Balaban J connectivity index is 2.35. The van der Waals surface area contributed by atoms with Gasteiger partial charge in [0.25, 0.3) is 0 Å². The van der Waals surface area contributed by atoms with E-state index >= 15 is 0 Å². The zero-order valence-corrected chi connectivity index (χ0v) is 18.7. The normalized spacial score (nSPS) is 28.2. The Morgan fingerprint density at radius 1 is 0.688 bits per heavy atom. The molecule has 0 aromatic heterocycles. The molecule has 1 saturated carbocycles. The highest BCUT2D eigenvalue weighted by molar-refractivity contribution is 5.73. The fourth-order valence-electron chi connectivity index (χ4n) is 3.83. The van der Waals surface area contributed by atoms with E-state index in [1.165, 1.54) is 6.92 Å². The van der Waals surface area contributed by atoms with Gasteiger partial charge in [0.15, 0.2) is 12.2 Å². The maximum atomic E-state index is 12.7. The first-order valence-corrected chi connectivity index (χ1v) is 10.6. The van der Waals surface area contributed by atoms with Crippen molar-refractivity contribution in [3.63, 3.8) is 0 Å². The largest absolute Gasteiger partial charge is 0.463 e. The summed E-state index contributed by atoms with van der Waals surface area (Å²) < 4.78 is 32.1. The summed E-state index contributed by atoms with van der Waals surface area (Å²) in [7, 11) is 0. The van der Waals surface area contributed by atoms with Crippen LogP contribution in [0, 0.1) is 5.92 Å². The van der Waals surface area contributed by atoms with Crippen molar-refractivity contribution in [2.24, 2.45) is 5.92 Å². The van der Waals surface area contributed by atoms with Crippen LogP contribution in [0.1, 0.15) is 59.8 Å². The van der Waals surface area contributed by atoms with Crippen molar-refractivity contribution in [2.45, 2.75) is 90.5 Å². The van der Waals surface area contributed by atoms with Gasteiger partial charge in [0.1, 0.15) is 12.7 Å². The summed E-state index contributed by atoms with van der Waals surface area (Å²) in [5.74, 6) is -3.75. The lowest BCUT2D eigenvalue weighted by atomic mass is 9.89. The summed E-state index contributed by atoms with van der Waals surface area (Å²) in [6.07, 6.45) is -2.55. The minimum atomic E-state index is -1.47. The molecule has 2 aliphatic rings. The molecule has 0 bridgehead atoms. The van der Waals surface area contributed by atoms with Crippen molar-refractivity contribution in [2.75, 3.05) is 6.61 Å². The lowest BCUT2D eigenvalue weighted by Gasteiger charge is -2.43. The molecule has 180 valence electrons. The number of ether oxygens (including phenoxy) is 6. The van der Waals surface area contributed by atoms with Crippen LogP contribution in [0.15, 0.2) is 0 Å². The molecule has 11 heteroatoms. The maximum Gasteiger partial charge on any atom is 0.311 e. The summed E-state index contributed by atoms with van der Waals surface area (Å²) in [6, 6.07) is 0. The van der Waals surface area contributed by atoms with E-state index in [-0.39, 0.29) is 12.5 Å². The summed E-state index contributed by atoms with van der Waals surface area (Å²) >= 11 is 0. The Labute approximate surface area is 186 Å². The molecule has 1 aliphatic heterocycles. The molecule has 1 heterocycles. The maximum absolute atomic E-state index is 12.7. The molecule has 1 aliphatic carbocycles. The first-order chi connectivity index (χ1) is 15.1. The van der Waals surface area contributed by atoms with Gasteiger partial charge < -0.3 is 28.4 Å². The molecule has 32 heavy (non-hydrogen) atoms. The van der Waals surface area contributed by atoms with Crippen LogP contribution in [0.4, 0.5) is 0 Å². The standard InChI is InChI=1S/C21H30O11/c1-11(22)27-10-16-17(28-12(2)23)18(29-13(3)24)19(30-14(4)25)21(31-16)32-20(26)15-8-6-5-7-9-15/h15-19,21H,5-10H2,1-4H3/t16-,17-,18+,19-,21+/m1/s1. The first kappa shape index (κ1) is 25.6. The number of carbonyl (C=O) groups is 5. The van der Waals surface area contributed by atoms with Gasteiger partial charge in [-0.05, 0) is 12.8 Å². The molecule has 0 amide bonds. The summed E-state index contributed by atoms with van der Waals surface area (Å²) in [5, 5.41) is 0. The van der Waals surface area contributed by atoms with Crippen LogP contribution < -0.4 is 0 Å². The average Bonchev–Trinajstić information content (AvgIpc) is 2.70. The van der Waals surface area contributed by atoms with Crippen molar-refractivity contribution in [1.29, 1.82) is 0 Å². The predicted molar refractivity (Wildman–Crippen MR) is 105 cm³/mol. The van der Waals surface area contributed by atoms with E-state index in [1.54, 1.807) is 0 Å². The highest BCUT2D eigenvalue weighted by Gasteiger charge is 2.54. The van der Waals surface area contributed by atoms with Crippen molar-refractivity contribution < 1.29 is 52.4 Å². The highest BCUT2D eigenvalue weighted by Crippen LogP contribution is 2.32. The molecule has 0 radical (unpaired) electrons. The van der Waals surface area contributed by atoms with Crippen LogP contribution in [0.5, 0.6) is 0 Å². The van der Waals surface area contributed by atoms with Gasteiger partial charge in [-0.1, -0.05) is 19.3 Å². The molecule has 2 fully saturated rings. The van der Waals surface area contributed by atoms with E-state index in [1.807, 2.05) is 0 Å². The topological polar surface area (TPSA) is 141 Å². The van der Waals surface area contributed by atoms with Crippen molar-refractivity contribution in [3.05, 3.63) is 0 Å². The van der Waals surface area contributed by atoms with Gasteiger partial charge in [0.05, 0.1) is 5.92 Å². The monoisotopic (exact) mass is 458 g/mol. The smallest absolute Gasteiger partial charge is 0.311 e. The van der Waals surface area contributed by atoms with E-state index in [0.29, 0.717) is 12.8 Å². The molecule has 0 aromatic rings. The molecule has 5 atom stereocenters. The molecule has 11 nitrogen and oxygen atoms in total. The van der Waals surface area contributed by atoms with Gasteiger partial charge in [-0.3, -0.25) is 24.0 Å². The number of esters is 5. The van der Waals surface area contributed by atoms with Gasteiger partial charge in [-0.25, -0.2) is 0 Å². The summed E-state index contributed by atoms with van der Waals surface area (Å²) in [4.78, 5) is 59.3. The van der Waals surface area contributed by atoms with Gasteiger partial charge in [-0.15, -0.1) is 0 Å². The molecular weight excluding hydrogens is 428 g/mol. The molecule has 0 aromatic carbocycles. The zero-order valence-electron chi connectivity index (χ0n) is 18.7. The minimum Gasteiger partial charge on any atom is -0.463 e. The third-order valence-corrected chi connectivity index (χ3v) is 5.12. The minimum absolute atomic E-state index is 0.337. The van der Waals surface area contributed by atoms with Crippen molar-refractivity contribution in [1.82, 2.24) is 0 Å². The van der Waals surface area contributed by atoms with Crippen LogP contribution in [-0.4, -0.2) is 67.2 Å². The summed E-state index contributed by atoms with van der Waals surface area (Å²) in [5.41, 5.74) is 0.